The monoisotopic (exact) mass is 208 g/mol. The quantitative estimate of drug-likeness (QED) is 0.772. The fourth-order valence-electron chi connectivity index (χ4n) is 1.22. The molecule has 1 rings (SSSR count). The Kier molecular flexibility index (Phi) is 3.00. The third-order valence-corrected chi connectivity index (χ3v) is 2.29. The molecular formula is C11H16N2O2. The maximum Gasteiger partial charge on any atom is 0.318 e. The second-order valence-corrected chi connectivity index (χ2v) is 4.00. The first kappa shape index (κ1) is 11.5. The Morgan fingerprint density at radius 3 is 2.13 bits per heavy atom. The summed E-state index contributed by atoms with van der Waals surface area (Å²) in [4.78, 5) is 12.2. The molecule has 0 bridgehead atoms. The first-order chi connectivity index (χ1) is 6.82. The Labute approximate surface area is 89.3 Å². The van der Waals surface area contributed by atoms with Gasteiger partial charge in [-0.05, 0) is 31.5 Å². The van der Waals surface area contributed by atoms with Gasteiger partial charge in [-0.15, -0.1) is 0 Å². The number of rotatable bonds is 2. The maximum absolute atomic E-state index is 10.9. The molecule has 0 saturated carbocycles. The summed E-state index contributed by atoms with van der Waals surface area (Å²) in [6, 6.07) is 6.53. The molecule has 1 aromatic rings. The van der Waals surface area contributed by atoms with Crippen molar-refractivity contribution >= 4 is 11.7 Å². The third kappa shape index (κ3) is 2.70. The SMILES string of the molecule is CN(C(N)=O)c1ccc(C(C)(C)O)cc1. The highest BCUT2D eigenvalue weighted by Crippen LogP contribution is 2.22. The minimum atomic E-state index is -0.871. The highest BCUT2D eigenvalue weighted by atomic mass is 16.3. The van der Waals surface area contributed by atoms with E-state index in [9.17, 15) is 9.90 Å². The van der Waals surface area contributed by atoms with Gasteiger partial charge in [0.15, 0.2) is 0 Å². The average Bonchev–Trinajstić information content (AvgIpc) is 2.15. The maximum atomic E-state index is 10.9. The number of carbonyl (C=O) groups excluding carboxylic acids is 1. The minimum Gasteiger partial charge on any atom is -0.386 e. The summed E-state index contributed by atoms with van der Waals surface area (Å²) < 4.78 is 0. The minimum absolute atomic E-state index is 0.508. The van der Waals surface area contributed by atoms with Crippen LogP contribution >= 0.6 is 0 Å². The lowest BCUT2D eigenvalue weighted by Crippen LogP contribution is -2.31. The van der Waals surface area contributed by atoms with Crippen molar-refractivity contribution in [2.45, 2.75) is 19.4 Å². The van der Waals surface area contributed by atoms with Crippen molar-refractivity contribution in [3.63, 3.8) is 0 Å². The van der Waals surface area contributed by atoms with E-state index in [4.69, 9.17) is 5.73 Å². The normalized spacial score (nSPS) is 11.2. The number of nitrogens with two attached hydrogens (primary N) is 1. The van der Waals surface area contributed by atoms with Crippen LogP contribution in [0, 0.1) is 0 Å². The lowest BCUT2D eigenvalue weighted by Gasteiger charge is -2.19. The van der Waals surface area contributed by atoms with Crippen LogP contribution in [0.2, 0.25) is 0 Å². The number of nitrogens with zero attached hydrogens (tertiary/aromatic N) is 1. The molecule has 15 heavy (non-hydrogen) atoms. The van der Waals surface area contributed by atoms with Gasteiger partial charge in [-0.3, -0.25) is 4.90 Å². The van der Waals surface area contributed by atoms with Gasteiger partial charge in [0.1, 0.15) is 0 Å². The van der Waals surface area contributed by atoms with Crippen LogP contribution in [0.15, 0.2) is 24.3 Å². The van der Waals surface area contributed by atoms with Gasteiger partial charge in [-0.1, -0.05) is 12.1 Å². The molecular weight excluding hydrogens is 192 g/mol. The van der Waals surface area contributed by atoms with Gasteiger partial charge < -0.3 is 10.8 Å². The summed E-state index contributed by atoms with van der Waals surface area (Å²) in [6.07, 6.45) is 0. The molecule has 4 heteroatoms. The highest BCUT2D eigenvalue weighted by molar-refractivity contribution is 5.89. The molecule has 0 atom stereocenters. The van der Waals surface area contributed by atoms with Gasteiger partial charge in [0, 0.05) is 12.7 Å². The number of primary amides is 1. The Hall–Kier alpha value is -1.55. The van der Waals surface area contributed by atoms with Crippen LogP contribution in [0.4, 0.5) is 10.5 Å². The molecule has 0 radical (unpaired) electrons. The third-order valence-electron chi connectivity index (χ3n) is 2.29. The van der Waals surface area contributed by atoms with Crippen LogP contribution in [0.25, 0.3) is 0 Å². The second-order valence-electron chi connectivity index (χ2n) is 4.00. The number of urea groups is 1. The van der Waals surface area contributed by atoms with Crippen molar-refractivity contribution < 1.29 is 9.90 Å². The molecule has 1 aromatic carbocycles. The van der Waals surface area contributed by atoms with Gasteiger partial charge in [-0.2, -0.15) is 0 Å². The molecule has 0 aliphatic heterocycles. The summed E-state index contributed by atoms with van der Waals surface area (Å²) >= 11 is 0. The molecule has 3 N–H and O–H groups in total. The molecule has 0 saturated heterocycles. The van der Waals surface area contributed by atoms with Crippen LogP contribution in [-0.4, -0.2) is 18.2 Å². The van der Waals surface area contributed by atoms with Gasteiger partial charge in [-0.25, -0.2) is 4.79 Å². The van der Waals surface area contributed by atoms with Crippen molar-refractivity contribution in [2.75, 3.05) is 11.9 Å². The van der Waals surface area contributed by atoms with Crippen molar-refractivity contribution in [2.24, 2.45) is 5.73 Å². The van der Waals surface area contributed by atoms with E-state index in [1.54, 1.807) is 45.2 Å². The number of hydrogen-bond donors (Lipinski definition) is 2. The lowest BCUT2D eigenvalue weighted by molar-refractivity contribution is 0.0786. The fourth-order valence-corrected chi connectivity index (χ4v) is 1.22. The molecule has 4 nitrogen and oxygen atoms in total. The summed E-state index contributed by atoms with van der Waals surface area (Å²) in [5.41, 5.74) is 5.76. The van der Waals surface area contributed by atoms with Gasteiger partial charge >= 0.3 is 6.03 Å². The largest absolute Gasteiger partial charge is 0.386 e. The molecule has 0 aliphatic carbocycles. The standard InChI is InChI=1S/C11H16N2O2/c1-11(2,15)8-4-6-9(7-5-8)13(3)10(12)14/h4-7,15H,1-3H3,(H2,12,14). The van der Waals surface area contributed by atoms with E-state index in [1.807, 2.05) is 0 Å². The van der Waals surface area contributed by atoms with Crippen LogP contribution in [0.5, 0.6) is 0 Å². The van der Waals surface area contributed by atoms with Crippen LogP contribution in [0.1, 0.15) is 19.4 Å². The van der Waals surface area contributed by atoms with Crippen LogP contribution in [0.3, 0.4) is 0 Å². The highest BCUT2D eigenvalue weighted by Gasteiger charge is 2.16. The molecule has 0 aliphatic rings. The molecule has 0 fully saturated rings. The first-order valence-corrected chi connectivity index (χ1v) is 4.68. The molecule has 0 heterocycles. The summed E-state index contributed by atoms with van der Waals surface area (Å²) in [6.45, 7) is 3.42. The van der Waals surface area contributed by atoms with Gasteiger partial charge in [0.25, 0.3) is 0 Å². The summed E-state index contributed by atoms with van der Waals surface area (Å²) in [7, 11) is 1.60. The Morgan fingerprint density at radius 1 is 1.33 bits per heavy atom. The second kappa shape index (κ2) is 3.90. The lowest BCUT2D eigenvalue weighted by atomic mass is 9.98. The van der Waals surface area contributed by atoms with E-state index in [2.05, 4.69) is 0 Å². The Bertz CT molecular complexity index is 352. The number of anilines is 1. The number of amides is 2. The number of hydrogen-bond acceptors (Lipinski definition) is 2. The van der Waals surface area contributed by atoms with E-state index in [1.165, 1.54) is 4.90 Å². The average molecular weight is 208 g/mol. The fraction of sp³-hybridized carbons (Fsp3) is 0.364. The molecule has 0 spiro atoms. The predicted octanol–water partition coefficient (Wildman–Crippen LogP) is 1.43. The van der Waals surface area contributed by atoms with Gasteiger partial charge in [0.05, 0.1) is 5.60 Å². The van der Waals surface area contributed by atoms with Crippen molar-refractivity contribution in [1.82, 2.24) is 0 Å². The van der Waals surface area contributed by atoms with E-state index in [0.717, 1.165) is 5.56 Å². The molecule has 0 aromatic heterocycles. The van der Waals surface area contributed by atoms with E-state index >= 15 is 0 Å². The zero-order valence-electron chi connectivity index (χ0n) is 9.19. The smallest absolute Gasteiger partial charge is 0.318 e. The number of benzene rings is 1. The topological polar surface area (TPSA) is 66.6 Å². The zero-order chi connectivity index (χ0) is 11.6. The Balaban J connectivity index is 2.95. The van der Waals surface area contributed by atoms with Crippen molar-refractivity contribution in [3.8, 4) is 0 Å². The first-order valence-electron chi connectivity index (χ1n) is 4.68. The molecule has 0 unspecified atom stereocenters. The van der Waals surface area contributed by atoms with Crippen LogP contribution in [-0.2, 0) is 5.60 Å². The van der Waals surface area contributed by atoms with E-state index in [-0.39, 0.29) is 0 Å². The van der Waals surface area contributed by atoms with E-state index < -0.39 is 11.6 Å². The zero-order valence-corrected chi connectivity index (χ0v) is 9.19. The molecule has 2 amide bonds. The van der Waals surface area contributed by atoms with Crippen molar-refractivity contribution in [1.29, 1.82) is 0 Å². The van der Waals surface area contributed by atoms with Crippen molar-refractivity contribution in [3.05, 3.63) is 29.8 Å². The molecule has 82 valence electrons. The van der Waals surface area contributed by atoms with E-state index in [0.29, 0.717) is 5.69 Å². The Morgan fingerprint density at radius 2 is 1.80 bits per heavy atom. The number of aliphatic hydroxyl groups is 1. The van der Waals surface area contributed by atoms with Crippen LogP contribution < -0.4 is 10.6 Å². The summed E-state index contributed by atoms with van der Waals surface area (Å²) in [5, 5.41) is 9.72. The summed E-state index contributed by atoms with van der Waals surface area (Å²) in [5.74, 6) is 0. The van der Waals surface area contributed by atoms with Gasteiger partial charge in [0.2, 0.25) is 0 Å². The number of carbonyl (C=O) groups is 1. The predicted molar refractivity (Wildman–Crippen MR) is 59.7 cm³/mol.